The SMILES string of the molecule is Nc1ncnc2c1nc([SH]1C=CC=C1)n2[C@@H]1O[C@H](CO)[C@@H](O)[C@H]1O. The van der Waals surface area contributed by atoms with Crippen LogP contribution in [0.1, 0.15) is 6.23 Å². The van der Waals surface area contributed by atoms with Gasteiger partial charge in [0, 0.05) is 0 Å². The van der Waals surface area contributed by atoms with E-state index in [1.165, 1.54) is 6.33 Å². The first-order chi connectivity index (χ1) is 11.6. The third-order valence-corrected chi connectivity index (χ3v) is 5.86. The highest BCUT2D eigenvalue weighted by atomic mass is 32.2. The van der Waals surface area contributed by atoms with Crippen molar-refractivity contribution in [3.8, 4) is 0 Å². The first-order valence-electron chi connectivity index (χ1n) is 7.36. The highest BCUT2D eigenvalue weighted by molar-refractivity contribution is 8.22. The van der Waals surface area contributed by atoms with E-state index in [-0.39, 0.29) is 5.82 Å². The molecule has 0 bridgehead atoms. The van der Waals surface area contributed by atoms with Crippen molar-refractivity contribution in [2.45, 2.75) is 29.7 Å². The maximum atomic E-state index is 10.4. The highest BCUT2D eigenvalue weighted by Crippen LogP contribution is 2.45. The van der Waals surface area contributed by atoms with Gasteiger partial charge in [-0.1, -0.05) is 12.2 Å². The third-order valence-electron chi connectivity index (χ3n) is 4.09. The van der Waals surface area contributed by atoms with Gasteiger partial charge in [-0.3, -0.25) is 4.57 Å². The summed E-state index contributed by atoms with van der Waals surface area (Å²) in [5.41, 5.74) is 6.74. The Morgan fingerprint density at radius 2 is 1.96 bits per heavy atom. The number of hydrogen-bond donors (Lipinski definition) is 5. The van der Waals surface area contributed by atoms with Crippen molar-refractivity contribution in [1.29, 1.82) is 0 Å². The lowest BCUT2D eigenvalue weighted by atomic mass is 10.1. The van der Waals surface area contributed by atoms with Crippen molar-refractivity contribution in [3.05, 3.63) is 29.3 Å². The summed E-state index contributed by atoms with van der Waals surface area (Å²) >= 11 is 0. The molecular formula is C14H17N5O4S. The summed E-state index contributed by atoms with van der Waals surface area (Å²) in [4.78, 5) is 12.7. The minimum absolute atomic E-state index is 0.230. The molecule has 0 saturated carbocycles. The lowest BCUT2D eigenvalue weighted by molar-refractivity contribution is -0.0548. The molecule has 0 unspecified atom stereocenters. The van der Waals surface area contributed by atoms with Crippen molar-refractivity contribution in [3.63, 3.8) is 0 Å². The van der Waals surface area contributed by atoms with Gasteiger partial charge in [-0.25, -0.2) is 15.0 Å². The Hall–Kier alpha value is -1.98. The molecule has 1 fully saturated rings. The Morgan fingerprint density at radius 1 is 1.21 bits per heavy atom. The number of rotatable bonds is 3. The summed E-state index contributed by atoms with van der Waals surface area (Å²) in [6.45, 7) is -0.400. The van der Waals surface area contributed by atoms with Crippen molar-refractivity contribution in [2.24, 2.45) is 0 Å². The van der Waals surface area contributed by atoms with Gasteiger partial charge in [0.1, 0.15) is 24.6 Å². The summed E-state index contributed by atoms with van der Waals surface area (Å²) in [6, 6.07) is 0. The van der Waals surface area contributed by atoms with Gasteiger partial charge < -0.3 is 25.8 Å². The molecule has 0 aliphatic carbocycles. The van der Waals surface area contributed by atoms with Gasteiger partial charge in [0.05, 0.1) is 6.61 Å². The lowest BCUT2D eigenvalue weighted by Crippen LogP contribution is -2.33. The minimum Gasteiger partial charge on any atom is -0.394 e. The Morgan fingerprint density at radius 3 is 2.62 bits per heavy atom. The molecular weight excluding hydrogens is 334 g/mol. The number of nitrogen functional groups attached to an aromatic ring is 1. The number of imidazole rings is 1. The van der Waals surface area contributed by atoms with E-state index in [0.29, 0.717) is 16.3 Å². The maximum Gasteiger partial charge on any atom is 0.168 e. The van der Waals surface area contributed by atoms with Gasteiger partial charge in [-0.15, -0.1) is 0 Å². The number of nitrogens with zero attached hydrogens (tertiary/aromatic N) is 4. The van der Waals surface area contributed by atoms with Crippen molar-refractivity contribution in [2.75, 3.05) is 12.3 Å². The lowest BCUT2D eigenvalue weighted by Gasteiger charge is -2.21. The third kappa shape index (κ3) is 2.23. The zero-order valence-corrected chi connectivity index (χ0v) is 13.4. The van der Waals surface area contributed by atoms with Crippen LogP contribution in [-0.2, 0) is 4.74 Å². The van der Waals surface area contributed by atoms with E-state index in [1.54, 1.807) is 4.57 Å². The fourth-order valence-corrected chi connectivity index (χ4v) is 4.50. The fourth-order valence-electron chi connectivity index (χ4n) is 2.89. The fraction of sp³-hybridized carbons (Fsp3) is 0.357. The first kappa shape index (κ1) is 15.5. The summed E-state index contributed by atoms with van der Waals surface area (Å²) < 4.78 is 7.30. The number of fused-ring (bicyclic) bond motifs is 1. The molecule has 4 atom stereocenters. The number of nitrogens with two attached hydrogens (primary N) is 1. The summed E-state index contributed by atoms with van der Waals surface area (Å²) in [5.74, 6) is 0.230. The molecule has 4 heterocycles. The van der Waals surface area contributed by atoms with E-state index >= 15 is 0 Å². The van der Waals surface area contributed by atoms with Crippen LogP contribution in [-0.4, -0.2) is 59.8 Å². The van der Waals surface area contributed by atoms with Crippen LogP contribution in [0.2, 0.25) is 0 Å². The topological polar surface area (TPSA) is 140 Å². The molecule has 0 radical (unpaired) electrons. The van der Waals surface area contributed by atoms with E-state index in [2.05, 4.69) is 15.0 Å². The molecule has 0 amide bonds. The molecule has 1 saturated heterocycles. The van der Waals surface area contributed by atoms with E-state index in [9.17, 15) is 15.3 Å². The Labute approximate surface area is 139 Å². The largest absolute Gasteiger partial charge is 0.394 e. The second kappa shape index (κ2) is 5.83. The molecule has 0 spiro atoms. The number of anilines is 1. The average Bonchev–Trinajstić information content (AvgIpc) is 3.27. The average molecular weight is 351 g/mol. The molecule has 5 N–H and O–H groups in total. The minimum atomic E-state index is -1.22. The molecule has 2 aliphatic heterocycles. The van der Waals surface area contributed by atoms with Crippen LogP contribution in [0.3, 0.4) is 0 Å². The predicted molar refractivity (Wildman–Crippen MR) is 88.3 cm³/mol. The van der Waals surface area contributed by atoms with Crippen LogP contribution in [0.5, 0.6) is 0 Å². The number of hydrogen-bond acceptors (Lipinski definition) is 8. The van der Waals surface area contributed by atoms with Crippen molar-refractivity contribution in [1.82, 2.24) is 19.5 Å². The second-order valence-corrected chi connectivity index (χ2v) is 7.34. The summed E-state index contributed by atoms with van der Waals surface area (Å²) in [5, 5.41) is 34.4. The molecule has 2 aromatic heterocycles. The second-order valence-electron chi connectivity index (χ2n) is 5.53. The first-order valence-corrected chi connectivity index (χ1v) is 8.84. The highest BCUT2D eigenvalue weighted by Gasteiger charge is 2.45. The zero-order valence-electron chi connectivity index (χ0n) is 12.5. The Balaban J connectivity index is 1.90. The number of thiol groups is 1. The number of allylic oxidation sites excluding steroid dienone is 2. The maximum absolute atomic E-state index is 10.4. The molecule has 4 rings (SSSR count). The summed E-state index contributed by atoms with van der Waals surface area (Å²) in [6.07, 6.45) is 0.929. The van der Waals surface area contributed by atoms with E-state index in [4.69, 9.17) is 10.5 Å². The standard InChI is InChI=1S/C14H17N5O4S/c15-11-8-12(17-6-16-11)19(14(18-8)24-3-1-2-4-24)13-10(22)9(21)7(5-20)23-13/h1-4,6-7,9-10,13,20-22,24H,5H2,(H2,15,16,17)/t7-,9-,10-,13-/m1/s1. The Bertz CT molecular complexity index is 826. The van der Waals surface area contributed by atoms with E-state index < -0.39 is 42.0 Å². The van der Waals surface area contributed by atoms with Crippen LogP contribution in [0.25, 0.3) is 11.2 Å². The number of aliphatic hydroxyl groups is 3. The van der Waals surface area contributed by atoms with Crippen LogP contribution < -0.4 is 5.73 Å². The molecule has 24 heavy (non-hydrogen) atoms. The number of aromatic nitrogens is 4. The molecule has 9 nitrogen and oxygen atoms in total. The van der Waals surface area contributed by atoms with Gasteiger partial charge in [-0.2, -0.15) is 10.9 Å². The zero-order chi connectivity index (χ0) is 16.8. The van der Waals surface area contributed by atoms with Crippen LogP contribution in [0.4, 0.5) is 5.82 Å². The quantitative estimate of drug-likeness (QED) is 0.463. The molecule has 2 aliphatic rings. The van der Waals surface area contributed by atoms with Gasteiger partial charge in [0.2, 0.25) is 0 Å². The number of aliphatic hydroxyl groups excluding tert-OH is 3. The van der Waals surface area contributed by atoms with E-state index in [0.717, 1.165) is 0 Å². The van der Waals surface area contributed by atoms with Gasteiger partial charge in [0.15, 0.2) is 28.4 Å². The van der Waals surface area contributed by atoms with Crippen molar-refractivity contribution >= 4 is 27.9 Å². The molecule has 2 aromatic rings. The van der Waals surface area contributed by atoms with Gasteiger partial charge in [0.25, 0.3) is 0 Å². The monoisotopic (exact) mass is 351 g/mol. The summed E-state index contributed by atoms with van der Waals surface area (Å²) in [7, 11) is -0.856. The molecule has 128 valence electrons. The van der Waals surface area contributed by atoms with Gasteiger partial charge in [-0.05, 0) is 10.8 Å². The van der Waals surface area contributed by atoms with Crippen LogP contribution in [0, 0.1) is 0 Å². The normalized spacial score (nSPS) is 30.7. The van der Waals surface area contributed by atoms with Crippen LogP contribution >= 0.6 is 10.9 Å². The molecule has 0 aromatic carbocycles. The van der Waals surface area contributed by atoms with Gasteiger partial charge >= 0.3 is 0 Å². The van der Waals surface area contributed by atoms with Crippen LogP contribution in [0.15, 0.2) is 34.5 Å². The van der Waals surface area contributed by atoms with E-state index in [1.807, 2.05) is 23.0 Å². The smallest absolute Gasteiger partial charge is 0.168 e. The molecule has 10 heteroatoms. The number of ether oxygens (including phenoxy) is 1. The predicted octanol–water partition coefficient (Wildman–Crippen LogP) is -0.579. The van der Waals surface area contributed by atoms with Crippen molar-refractivity contribution < 1.29 is 20.1 Å². The Kier molecular flexibility index (Phi) is 3.77.